The van der Waals surface area contributed by atoms with Gasteiger partial charge in [-0.15, -0.1) is 0 Å². The van der Waals surface area contributed by atoms with Gasteiger partial charge in [0.25, 0.3) is 0 Å². The van der Waals surface area contributed by atoms with E-state index in [1.165, 1.54) is 7.11 Å². The summed E-state index contributed by atoms with van der Waals surface area (Å²) in [6.45, 7) is 2.95. The molecule has 104 valence electrons. The molecular weight excluding hydrogens is 246 g/mol. The van der Waals surface area contributed by atoms with Gasteiger partial charge in [0, 0.05) is 19.6 Å². The van der Waals surface area contributed by atoms with E-state index in [2.05, 4.69) is 4.90 Å². The van der Waals surface area contributed by atoms with Crippen LogP contribution in [-0.2, 0) is 16.0 Å². The van der Waals surface area contributed by atoms with Crippen LogP contribution < -0.4 is 0 Å². The molecule has 1 aliphatic heterocycles. The maximum Gasteiger partial charge on any atom is 0.337 e. The van der Waals surface area contributed by atoms with Crippen molar-refractivity contribution in [3.8, 4) is 0 Å². The molecule has 0 bridgehead atoms. The topological polar surface area (TPSA) is 59.0 Å². The Balaban J connectivity index is 2.00. The number of nitrogens with zero attached hydrogens (tertiary/aromatic N) is 1. The number of carbonyl (C=O) groups excluding carboxylic acids is 1. The maximum absolute atomic E-state index is 11.5. The lowest BCUT2D eigenvalue weighted by Crippen LogP contribution is -2.43. The first-order valence-corrected chi connectivity index (χ1v) is 6.35. The molecule has 0 aromatic heterocycles. The summed E-state index contributed by atoms with van der Waals surface area (Å²) in [5.41, 5.74) is 1.62. The summed E-state index contributed by atoms with van der Waals surface area (Å²) in [6.07, 6.45) is -0.113. The zero-order chi connectivity index (χ0) is 13.7. The molecule has 19 heavy (non-hydrogen) atoms. The second kappa shape index (κ2) is 6.65. The van der Waals surface area contributed by atoms with Gasteiger partial charge in [0.05, 0.1) is 32.0 Å². The Morgan fingerprint density at radius 2 is 2.42 bits per heavy atom. The molecule has 0 spiro atoms. The van der Waals surface area contributed by atoms with Gasteiger partial charge < -0.3 is 14.6 Å². The number of esters is 1. The summed E-state index contributed by atoms with van der Waals surface area (Å²) in [5, 5.41) is 9.11. The largest absolute Gasteiger partial charge is 0.465 e. The number of hydrogen-bond donors (Lipinski definition) is 1. The van der Waals surface area contributed by atoms with E-state index in [-0.39, 0.29) is 18.7 Å². The second-order valence-electron chi connectivity index (χ2n) is 4.60. The molecule has 0 amide bonds. The molecule has 5 nitrogen and oxygen atoms in total. The molecule has 1 saturated heterocycles. The highest BCUT2D eigenvalue weighted by Crippen LogP contribution is 2.12. The van der Waals surface area contributed by atoms with Crippen LogP contribution in [0.4, 0.5) is 0 Å². The molecule has 0 aliphatic carbocycles. The van der Waals surface area contributed by atoms with Gasteiger partial charge in [0.2, 0.25) is 0 Å². The van der Waals surface area contributed by atoms with Crippen LogP contribution in [0.1, 0.15) is 15.9 Å². The molecule has 1 aromatic rings. The molecule has 1 N–H and O–H groups in total. The predicted octanol–water partition coefficient (Wildman–Crippen LogP) is 0.666. The lowest BCUT2D eigenvalue weighted by atomic mass is 10.1. The molecule has 1 unspecified atom stereocenters. The van der Waals surface area contributed by atoms with E-state index < -0.39 is 0 Å². The summed E-state index contributed by atoms with van der Waals surface area (Å²) in [5.74, 6) is -0.322. The van der Waals surface area contributed by atoms with E-state index in [4.69, 9.17) is 14.6 Å². The molecular formula is C14H19NO4. The third kappa shape index (κ3) is 3.76. The molecule has 2 rings (SSSR count). The summed E-state index contributed by atoms with van der Waals surface area (Å²) in [4.78, 5) is 13.7. The normalized spacial score (nSPS) is 20.2. The van der Waals surface area contributed by atoms with Gasteiger partial charge >= 0.3 is 5.97 Å². The van der Waals surface area contributed by atoms with Crippen molar-refractivity contribution in [1.82, 2.24) is 4.90 Å². The summed E-state index contributed by atoms with van der Waals surface area (Å²) < 4.78 is 10.1. The van der Waals surface area contributed by atoms with Gasteiger partial charge in [-0.3, -0.25) is 4.90 Å². The summed E-state index contributed by atoms with van der Waals surface area (Å²) >= 11 is 0. The van der Waals surface area contributed by atoms with E-state index in [0.29, 0.717) is 18.7 Å². The number of methoxy groups -OCH3 is 1. The van der Waals surface area contributed by atoms with Crippen molar-refractivity contribution >= 4 is 5.97 Å². The van der Waals surface area contributed by atoms with Gasteiger partial charge in [-0.25, -0.2) is 4.79 Å². The van der Waals surface area contributed by atoms with Crippen molar-refractivity contribution in [2.75, 3.05) is 33.4 Å². The van der Waals surface area contributed by atoms with Gasteiger partial charge in [0.15, 0.2) is 0 Å². The van der Waals surface area contributed by atoms with Gasteiger partial charge in [-0.2, -0.15) is 0 Å². The third-order valence-corrected chi connectivity index (χ3v) is 3.18. The van der Waals surface area contributed by atoms with Crippen molar-refractivity contribution in [1.29, 1.82) is 0 Å². The fourth-order valence-electron chi connectivity index (χ4n) is 2.21. The number of carbonyl (C=O) groups is 1. The quantitative estimate of drug-likeness (QED) is 0.811. The zero-order valence-electron chi connectivity index (χ0n) is 11.0. The Labute approximate surface area is 112 Å². The fourth-order valence-corrected chi connectivity index (χ4v) is 2.21. The third-order valence-electron chi connectivity index (χ3n) is 3.18. The Hall–Kier alpha value is -1.43. The van der Waals surface area contributed by atoms with E-state index in [9.17, 15) is 4.79 Å². The average Bonchev–Trinajstić information content (AvgIpc) is 2.47. The van der Waals surface area contributed by atoms with Gasteiger partial charge in [-0.1, -0.05) is 12.1 Å². The Morgan fingerprint density at radius 3 is 3.16 bits per heavy atom. The number of aliphatic hydroxyl groups excluding tert-OH is 1. The molecule has 1 aliphatic rings. The molecule has 5 heteroatoms. The molecule has 1 heterocycles. The average molecular weight is 265 g/mol. The van der Waals surface area contributed by atoms with Crippen molar-refractivity contribution < 1.29 is 19.4 Å². The van der Waals surface area contributed by atoms with E-state index >= 15 is 0 Å². The molecule has 0 saturated carbocycles. The molecule has 1 aromatic carbocycles. The van der Waals surface area contributed by atoms with E-state index in [1.807, 2.05) is 18.2 Å². The van der Waals surface area contributed by atoms with Crippen LogP contribution in [-0.4, -0.2) is 55.5 Å². The minimum absolute atomic E-state index is 0.0404. The van der Waals surface area contributed by atoms with Crippen molar-refractivity contribution in [2.45, 2.75) is 12.6 Å². The zero-order valence-corrected chi connectivity index (χ0v) is 11.0. The highest BCUT2D eigenvalue weighted by molar-refractivity contribution is 5.89. The van der Waals surface area contributed by atoms with Crippen LogP contribution in [0.5, 0.6) is 0 Å². The monoisotopic (exact) mass is 265 g/mol. The Kier molecular flexibility index (Phi) is 4.90. The number of aliphatic hydroxyl groups is 1. The molecule has 0 radical (unpaired) electrons. The minimum atomic E-state index is -0.322. The van der Waals surface area contributed by atoms with E-state index in [1.54, 1.807) is 6.07 Å². The van der Waals surface area contributed by atoms with Crippen LogP contribution in [0, 0.1) is 0 Å². The first-order chi connectivity index (χ1) is 9.22. The van der Waals surface area contributed by atoms with Gasteiger partial charge in [0.1, 0.15) is 0 Å². The van der Waals surface area contributed by atoms with Crippen LogP contribution in [0.25, 0.3) is 0 Å². The van der Waals surface area contributed by atoms with Gasteiger partial charge in [-0.05, 0) is 17.7 Å². The maximum atomic E-state index is 11.5. The van der Waals surface area contributed by atoms with Crippen LogP contribution >= 0.6 is 0 Å². The van der Waals surface area contributed by atoms with Crippen molar-refractivity contribution in [3.63, 3.8) is 0 Å². The summed E-state index contributed by atoms with van der Waals surface area (Å²) in [7, 11) is 1.38. The number of rotatable bonds is 4. The Bertz CT molecular complexity index is 435. The van der Waals surface area contributed by atoms with E-state index in [0.717, 1.165) is 18.7 Å². The predicted molar refractivity (Wildman–Crippen MR) is 69.9 cm³/mol. The molecule has 1 atom stereocenters. The standard InChI is InChI=1S/C14H19NO4/c1-18-14(17)12-4-2-3-11(7-12)8-15-5-6-19-13(9-15)10-16/h2-4,7,13,16H,5-6,8-10H2,1H3. The van der Waals surface area contributed by atoms with Crippen LogP contribution in [0.15, 0.2) is 24.3 Å². The highest BCUT2D eigenvalue weighted by atomic mass is 16.5. The second-order valence-corrected chi connectivity index (χ2v) is 4.60. The smallest absolute Gasteiger partial charge is 0.337 e. The number of morpholine rings is 1. The van der Waals surface area contributed by atoms with Crippen molar-refractivity contribution in [3.05, 3.63) is 35.4 Å². The summed E-state index contributed by atoms with van der Waals surface area (Å²) in [6, 6.07) is 7.42. The van der Waals surface area contributed by atoms with Crippen LogP contribution in [0.3, 0.4) is 0 Å². The first kappa shape index (κ1) is 14.0. The fraction of sp³-hybridized carbons (Fsp3) is 0.500. The minimum Gasteiger partial charge on any atom is -0.465 e. The lowest BCUT2D eigenvalue weighted by molar-refractivity contribution is -0.0551. The van der Waals surface area contributed by atoms with Crippen LogP contribution in [0.2, 0.25) is 0 Å². The first-order valence-electron chi connectivity index (χ1n) is 6.35. The Morgan fingerprint density at radius 1 is 1.58 bits per heavy atom. The van der Waals surface area contributed by atoms with Crippen molar-refractivity contribution in [2.24, 2.45) is 0 Å². The molecule has 1 fully saturated rings. The number of ether oxygens (including phenoxy) is 2. The SMILES string of the molecule is COC(=O)c1cccc(CN2CCOC(CO)C2)c1. The number of benzene rings is 1. The number of hydrogen-bond acceptors (Lipinski definition) is 5. The lowest BCUT2D eigenvalue weighted by Gasteiger charge is -2.32. The highest BCUT2D eigenvalue weighted by Gasteiger charge is 2.19.